The van der Waals surface area contributed by atoms with Gasteiger partial charge in [-0.1, -0.05) is 29.4 Å². The molecule has 0 amide bonds. The van der Waals surface area contributed by atoms with Crippen molar-refractivity contribution in [3.8, 4) is 0 Å². The van der Waals surface area contributed by atoms with E-state index in [2.05, 4.69) is 4.99 Å². The molecule has 1 atom stereocenters. The van der Waals surface area contributed by atoms with Crippen LogP contribution in [0.25, 0.3) is 0 Å². The Kier molecular flexibility index (Phi) is 5.01. The minimum atomic E-state index is -0.525. The van der Waals surface area contributed by atoms with Crippen molar-refractivity contribution in [2.24, 2.45) is 4.99 Å². The molecule has 1 aromatic rings. The molecule has 0 aromatic heterocycles. The van der Waals surface area contributed by atoms with Crippen molar-refractivity contribution in [1.82, 2.24) is 4.90 Å². The number of esters is 1. The number of allylic oxidation sites excluding steroid dienone is 1. The van der Waals surface area contributed by atoms with Crippen molar-refractivity contribution in [3.05, 3.63) is 50.2 Å². The molecule has 132 valence electrons. The summed E-state index contributed by atoms with van der Waals surface area (Å²) in [6.45, 7) is 2.46. The number of carbonyl (C=O) groups is 1. The number of rotatable bonds is 3. The number of methoxy groups -OCH3 is 1. The maximum Gasteiger partial charge on any atom is 0.338 e. The van der Waals surface area contributed by atoms with Gasteiger partial charge in [-0.3, -0.25) is 10.1 Å². The fourth-order valence-corrected chi connectivity index (χ4v) is 4.23. The predicted octanol–water partition coefficient (Wildman–Crippen LogP) is 3.54. The van der Waals surface area contributed by atoms with Crippen LogP contribution in [0.3, 0.4) is 0 Å². The summed E-state index contributed by atoms with van der Waals surface area (Å²) in [6.07, 6.45) is 0.934. The Morgan fingerprint density at radius 3 is 2.96 bits per heavy atom. The first-order chi connectivity index (χ1) is 11.9. The number of aliphatic imine (C=N–C) groups is 1. The van der Waals surface area contributed by atoms with Gasteiger partial charge in [-0.2, -0.15) is 0 Å². The minimum Gasteiger partial charge on any atom is -0.466 e. The van der Waals surface area contributed by atoms with Gasteiger partial charge in [0.2, 0.25) is 0 Å². The van der Waals surface area contributed by atoms with Crippen LogP contribution < -0.4 is 0 Å². The van der Waals surface area contributed by atoms with Crippen LogP contribution in [-0.4, -0.2) is 40.4 Å². The van der Waals surface area contributed by atoms with Crippen molar-refractivity contribution in [3.63, 3.8) is 0 Å². The summed E-state index contributed by atoms with van der Waals surface area (Å²) in [5, 5.41) is 12.1. The van der Waals surface area contributed by atoms with E-state index in [1.807, 2.05) is 4.90 Å². The SMILES string of the molecule is COC(=O)C1=C(C)N=C2SCCCN2[C@H]1c1ccc(Cl)c([N+](=O)[O-])c1. The van der Waals surface area contributed by atoms with Gasteiger partial charge in [0.25, 0.3) is 5.69 Å². The number of nitro groups is 1. The van der Waals surface area contributed by atoms with Gasteiger partial charge in [0.15, 0.2) is 5.17 Å². The van der Waals surface area contributed by atoms with Gasteiger partial charge in [-0.15, -0.1) is 0 Å². The number of thioether (sulfide) groups is 1. The molecule has 0 aliphatic carbocycles. The Balaban J connectivity index is 2.16. The van der Waals surface area contributed by atoms with Crippen molar-refractivity contribution in [2.45, 2.75) is 19.4 Å². The van der Waals surface area contributed by atoms with Crippen LogP contribution in [0, 0.1) is 10.1 Å². The number of halogens is 1. The van der Waals surface area contributed by atoms with E-state index in [0.717, 1.165) is 17.3 Å². The lowest BCUT2D eigenvalue weighted by Gasteiger charge is -2.40. The molecule has 1 fully saturated rings. The Morgan fingerprint density at radius 2 is 2.28 bits per heavy atom. The fraction of sp³-hybridized carbons (Fsp3) is 0.375. The summed E-state index contributed by atoms with van der Waals surface area (Å²) in [4.78, 5) is 29.6. The second-order valence-corrected chi connectivity index (χ2v) is 7.12. The lowest BCUT2D eigenvalue weighted by molar-refractivity contribution is -0.384. The molecule has 7 nitrogen and oxygen atoms in total. The van der Waals surface area contributed by atoms with Gasteiger partial charge >= 0.3 is 5.97 Å². The third-order valence-electron chi connectivity index (χ3n) is 4.15. The summed E-state index contributed by atoms with van der Waals surface area (Å²) in [5.41, 5.74) is 1.39. The lowest BCUT2D eigenvalue weighted by atomic mass is 9.94. The third-order valence-corrected chi connectivity index (χ3v) is 5.54. The van der Waals surface area contributed by atoms with E-state index in [1.165, 1.54) is 19.2 Å². The zero-order valence-electron chi connectivity index (χ0n) is 13.7. The van der Waals surface area contributed by atoms with Gasteiger partial charge < -0.3 is 9.64 Å². The minimum absolute atomic E-state index is 0.0618. The van der Waals surface area contributed by atoms with Crippen molar-refractivity contribution < 1.29 is 14.5 Å². The van der Waals surface area contributed by atoms with Gasteiger partial charge in [-0.25, -0.2) is 9.79 Å². The van der Waals surface area contributed by atoms with E-state index in [-0.39, 0.29) is 10.7 Å². The van der Waals surface area contributed by atoms with E-state index >= 15 is 0 Å². The van der Waals surface area contributed by atoms with Gasteiger partial charge in [0.05, 0.1) is 29.3 Å². The molecule has 0 bridgehead atoms. The molecule has 0 radical (unpaired) electrons. The van der Waals surface area contributed by atoms with Gasteiger partial charge in [-0.05, 0) is 25.0 Å². The summed E-state index contributed by atoms with van der Waals surface area (Å²) in [5.74, 6) is 0.461. The molecule has 25 heavy (non-hydrogen) atoms. The molecular weight excluding hydrogens is 366 g/mol. The van der Waals surface area contributed by atoms with Crippen LogP contribution in [0.4, 0.5) is 5.69 Å². The summed E-state index contributed by atoms with van der Waals surface area (Å²) < 4.78 is 4.93. The van der Waals surface area contributed by atoms with E-state index in [1.54, 1.807) is 24.8 Å². The fourth-order valence-electron chi connectivity index (χ4n) is 3.03. The molecule has 1 aromatic carbocycles. The standard InChI is InChI=1S/C16H16ClN3O4S/c1-9-13(15(21)24-2)14(19-6-3-7-25-16(19)18-9)10-4-5-11(17)12(8-10)20(22)23/h4-5,8,14H,3,6-7H2,1-2H3/t14-/m0/s1. The first-order valence-corrected chi connectivity index (χ1v) is 9.01. The first kappa shape index (κ1) is 17.8. The monoisotopic (exact) mass is 381 g/mol. The number of nitro benzene ring substituents is 1. The summed E-state index contributed by atoms with van der Waals surface area (Å²) >= 11 is 7.55. The summed E-state index contributed by atoms with van der Waals surface area (Å²) in [6, 6.07) is 4.13. The molecule has 2 heterocycles. The Hall–Kier alpha value is -2.06. The maximum atomic E-state index is 12.4. The molecule has 2 aliphatic rings. The molecule has 9 heteroatoms. The van der Waals surface area contributed by atoms with Crippen molar-refractivity contribution >= 4 is 40.2 Å². The van der Waals surface area contributed by atoms with Crippen LogP contribution >= 0.6 is 23.4 Å². The number of ether oxygens (including phenoxy) is 1. The average Bonchev–Trinajstić information content (AvgIpc) is 2.60. The molecule has 0 saturated carbocycles. The Bertz CT molecular complexity index is 809. The number of amidine groups is 1. The predicted molar refractivity (Wildman–Crippen MR) is 96.8 cm³/mol. The normalized spacial score (nSPS) is 20.0. The third kappa shape index (κ3) is 3.23. The molecule has 2 aliphatic heterocycles. The number of hydrogen-bond acceptors (Lipinski definition) is 7. The van der Waals surface area contributed by atoms with E-state index in [0.29, 0.717) is 23.4 Å². The largest absolute Gasteiger partial charge is 0.466 e. The molecule has 0 N–H and O–H groups in total. The summed E-state index contributed by atoms with van der Waals surface area (Å²) in [7, 11) is 1.31. The van der Waals surface area contributed by atoms with Gasteiger partial charge in [0.1, 0.15) is 5.02 Å². The van der Waals surface area contributed by atoms with E-state index < -0.39 is 16.9 Å². The highest BCUT2D eigenvalue weighted by atomic mass is 35.5. The molecule has 0 unspecified atom stereocenters. The Morgan fingerprint density at radius 1 is 1.52 bits per heavy atom. The highest BCUT2D eigenvalue weighted by molar-refractivity contribution is 8.13. The average molecular weight is 382 g/mol. The highest BCUT2D eigenvalue weighted by Gasteiger charge is 2.38. The second-order valence-electron chi connectivity index (χ2n) is 5.65. The smallest absolute Gasteiger partial charge is 0.338 e. The maximum absolute atomic E-state index is 12.4. The molecule has 1 saturated heterocycles. The van der Waals surface area contributed by atoms with Crippen LogP contribution in [0.2, 0.25) is 5.02 Å². The van der Waals surface area contributed by atoms with E-state index in [9.17, 15) is 14.9 Å². The van der Waals surface area contributed by atoms with E-state index in [4.69, 9.17) is 16.3 Å². The van der Waals surface area contributed by atoms with Crippen LogP contribution in [0.15, 0.2) is 34.5 Å². The number of fused-ring (bicyclic) bond motifs is 1. The van der Waals surface area contributed by atoms with Gasteiger partial charge in [0, 0.05) is 18.4 Å². The molecular formula is C16H16ClN3O4S. The second kappa shape index (κ2) is 7.05. The number of carbonyl (C=O) groups excluding carboxylic acids is 1. The number of nitrogens with zero attached hydrogens (tertiary/aromatic N) is 3. The number of benzene rings is 1. The quantitative estimate of drug-likeness (QED) is 0.452. The van der Waals surface area contributed by atoms with Crippen molar-refractivity contribution in [1.29, 1.82) is 0 Å². The van der Waals surface area contributed by atoms with Crippen LogP contribution in [0.1, 0.15) is 24.9 Å². The lowest BCUT2D eigenvalue weighted by Crippen LogP contribution is -2.42. The topological polar surface area (TPSA) is 85.0 Å². The first-order valence-electron chi connectivity index (χ1n) is 7.65. The molecule has 3 rings (SSSR count). The molecule has 0 spiro atoms. The zero-order chi connectivity index (χ0) is 18.1. The van der Waals surface area contributed by atoms with Crippen LogP contribution in [-0.2, 0) is 9.53 Å². The van der Waals surface area contributed by atoms with Crippen molar-refractivity contribution in [2.75, 3.05) is 19.4 Å². The number of hydrogen-bond donors (Lipinski definition) is 0. The van der Waals surface area contributed by atoms with Crippen LogP contribution in [0.5, 0.6) is 0 Å². The highest BCUT2D eigenvalue weighted by Crippen LogP contribution is 2.41. The Labute approximate surface area is 153 Å². The zero-order valence-corrected chi connectivity index (χ0v) is 15.3.